The van der Waals surface area contributed by atoms with Gasteiger partial charge in [-0.15, -0.1) is 11.3 Å². The Morgan fingerprint density at radius 3 is 2.52 bits per heavy atom. The predicted molar refractivity (Wildman–Crippen MR) is 108 cm³/mol. The van der Waals surface area contributed by atoms with Crippen molar-refractivity contribution in [3.63, 3.8) is 0 Å². The number of benzene rings is 1. The Balaban J connectivity index is 1.70. The lowest BCUT2D eigenvalue weighted by Gasteiger charge is -2.42. The molecule has 0 bridgehead atoms. The van der Waals surface area contributed by atoms with Gasteiger partial charge in [-0.05, 0) is 47.3 Å². The highest BCUT2D eigenvalue weighted by Gasteiger charge is 2.37. The van der Waals surface area contributed by atoms with Crippen molar-refractivity contribution in [2.75, 3.05) is 18.0 Å². The number of nitrogens with two attached hydrogens (primary N) is 1. The quantitative estimate of drug-likeness (QED) is 0.849. The molecule has 2 aliphatic rings. The summed E-state index contributed by atoms with van der Waals surface area (Å²) in [5.41, 5.74) is 11.9. The van der Waals surface area contributed by atoms with Crippen LogP contribution < -0.4 is 10.6 Å². The third-order valence-electron chi connectivity index (χ3n) is 6.14. The minimum absolute atomic E-state index is 0.238. The highest BCUT2D eigenvalue weighted by Crippen LogP contribution is 2.46. The minimum Gasteiger partial charge on any atom is -0.346 e. The van der Waals surface area contributed by atoms with E-state index in [0.717, 1.165) is 30.3 Å². The minimum atomic E-state index is 0.238. The summed E-state index contributed by atoms with van der Waals surface area (Å²) in [4.78, 5) is 7.24. The Morgan fingerprint density at radius 2 is 1.84 bits per heavy atom. The maximum atomic E-state index is 6.05. The van der Waals surface area contributed by atoms with E-state index in [4.69, 9.17) is 10.7 Å². The first-order valence-electron chi connectivity index (χ1n) is 9.38. The van der Waals surface area contributed by atoms with Crippen LogP contribution in [-0.4, -0.2) is 24.1 Å². The van der Waals surface area contributed by atoms with E-state index in [0.29, 0.717) is 6.04 Å². The molecular weight excluding hydrogens is 326 g/mol. The molecule has 2 N–H and O–H groups in total. The van der Waals surface area contributed by atoms with E-state index < -0.39 is 0 Å². The molecule has 2 heterocycles. The topological polar surface area (TPSA) is 42.1 Å². The van der Waals surface area contributed by atoms with E-state index in [2.05, 4.69) is 56.2 Å². The van der Waals surface area contributed by atoms with Gasteiger partial charge in [-0.2, -0.15) is 0 Å². The Bertz CT molecular complexity index is 790. The van der Waals surface area contributed by atoms with Crippen LogP contribution in [0.2, 0.25) is 0 Å². The fourth-order valence-electron chi connectivity index (χ4n) is 4.25. The van der Waals surface area contributed by atoms with Gasteiger partial charge in [0.2, 0.25) is 0 Å². The first kappa shape index (κ1) is 17.0. The number of anilines is 1. The number of hydrogen-bond donors (Lipinski definition) is 1. The van der Waals surface area contributed by atoms with E-state index in [1.165, 1.54) is 29.5 Å². The molecule has 4 rings (SSSR count). The Morgan fingerprint density at radius 1 is 1.12 bits per heavy atom. The molecule has 134 valence electrons. The molecule has 25 heavy (non-hydrogen) atoms. The Labute approximate surface area is 155 Å². The van der Waals surface area contributed by atoms with E-state index in [-0.39, 0.29) is 10.8 Å². The fourth-order valence-corrected chi connectivity index (χ4v) is 5.12. The largest absolute Gasteiger partial charge is 0.346 e. The fraction of sp³-hybridized carbons (Fsp3) is 0.571. The lowest BCUT2D eigenvalue weighted by Crippen LogP contribution is -2.33. The molecule has 1 aromatic carbocycles. The predicted octanol–water partition coefficient (Wildman–Crippen LogP) is 4.70. The maximum Gasteiger partial charge on any atom is 0.185 e. The molecule has 1 aromatic heterocycles. The molecule has 1 fully saturated rings. The number of hydrogen-bond acceptors (Lipinski definition) is 4. The lowest BCUT2D eigenvalue weighted by molar-refractivity contribution is 0.332. The van der Waals surface area contributed by atoms with Crippen LogP contribution in [0.3, 0.4) is 0 Å². The number of aromatic nitrogens is 1. The molecule has 1 atom stereocenters. The van der Waals surface area contributed by atoms with Crippen LogP contribution in [0.1, 0.15) is 58.1 Å². The summed E-state index contributed by atoms with van der Waals surface area (Å²) < 4.78 is 0. The van der Waals surface area contributed by atoms with Crippen LogP contribution in [-0.2, 0) is 10.8 Å². The second-order valence-electron chi connectivity index (χ2n) is 9.04. The second-order valence-corrected chi connectivity index (χ2v) is 9.87. The molecule has 1 aliphatic carbocycles. The van der Waals surface area contributed by atoms with Crippen LogP contribution in [0, 0.1) is 0 Å². The van der Waals surface area contributed by atoms with E-state index >= 15 is 0 Å². The molecule has 0 saturated carbocycles. The molecular formula is C21H29N3S. The van der Waals surface area contributed by atoms with Crippen LogP contribution in [0.4, 0.5) is 5.13 Å². The molecule has 4 heteroatoms. The average Bonchev–Trinajstić information content (AvgIpc) is 3.20. The summed E-state index contributed by atoms with van der Waals surface area (Å²) in [5.74, 6) is 0. The van der Waals surface area contributed by atoms with E-state index in [1.54, 1.807) is 11.3 Å². The third kappa shape index (κ3) is 3.00. The first-order chi connectivity index (χ1) is 11.8. The van der Waals surface area contributed by atoms with Crippen molar-refractivity contribution in [2.24, 2.45) is 5.73 Å². The number of nitrogens with zero attached hydrogens (tertiary/aromatic N) is 2. The zero-order chi connectivity index (χ0) is 17.8. The summed E-state index contributed by atoms with van der Waals surface area (Å²) in [5, 5.41) is 3.31. The summed E-state index contributed by atoms with van der Waals surface area (Å²) in [6, 6.07) is 7.29. The van der Waals surface area contributed by atoms with Gasteiger partial charge in [0, 0.05) is 30.1 Å². The van der Waals surface area contributed by atoms with Gasteiger partial charge in [-0.3, -0.25) is 0 Å². The highest BCUT2D eigenvalue weighted by atomic mass is 32.1. The molecule has 1 saturated heterocycles. The van der Waals surface area contributed by atoms with Gasteiger partial charge in [0.1, 0.15) is 0 Å². The number of rotatable bonds is 2. The maximum absolute atomic E-state index is 6.05. The Hall–Kier alpha value is -1.39. The first-order valence-corrected chi connectivity index (χ1v) is 10.3. The van der Waals surface area contributed by atoms with Crippen molar-refractivity contribution in [1.82, 2.24) is 4.98 Å². The van der Waals surface area contributed by atoms with Crippen molar-refractivity contribution in [2.45, 2.75) is 63.8 Å². The van der Waals surface area contributed by atoms with Crippen molar-refractivity contribution in [1.29, 1.82) is 0 Å². The van der Waals surface area contributed by atoms with Gasteiger partial charge in [0.05, 0.1) is 5.69 Å². The van der Waals surface area contributed by atoms with Crippen molar-refractivity contribution in [3.05, 3.63) is 34.7 Å². The highest BCUT2D eigenvalue weighted by molar-refractivity contribution is 7.14. The average molecular weight is 356 g/mol. The van der Waals surface area contributed by atoms with Crippen LogP contribution in [0.15, 0.2) is 23.6 Å². The van der Waals surface area contributed by atoms with Crippen LogP contribution in [0.25, 0.3) is 11.3 Å². The SMILES string of the molecule is CC1(C)CCC(C)(C)c2cc(-c3csc(N4CC[C@H](N)C4)n3)ccc21. The second kappa shape index (κ2) is 5.82. The van der Waals surface area contributed by atoms with Gasteiger partial charge < -0.3 is 10.6 Å². The zero-order valence-electron chi connectivity index (χ0n) is 15.8. The van der Waals surface area contributed by atoms with Gasteiger partial charge in [0.15, 0.2) is 5.13 Å². The van der Waals surface area contributed by atoms with Crippen LogP contribution >= 0.6 is 11.3 Å². The normalized spacial score (nSPS) is 24.4. The van der Waals surface area contributed by atoms with Crippen molar-refractivity contribution >= 4 is 16.5 Å². The van der Waals surface area contributed by atoms with Gasteiger partial charge in [-0.25, -0.2) is 4.98 Å². The molecule has 0 unspecified atom stereocenters. The van der Waals surface area contributed by atoms with Gasteiger partial charge in [0.25, 0.3) is 0 Å². The zero-order valence-corrected chi connectivity index (χ0v) is 16.6. The van der Waals surface area contributed by atoms with E-state index in [9.17, 15) is 0 Å². The van der Waals surface area contributed by atoms with Crippen molar-refractivity contribution < 1.29 is 0 Å². The molecule has 0 amide bonds. The summed E-state index contributed by atoms with van der Waals surface area (Å²) in [6.07, 6.45) is 3.56. The molecule has 0 radical (unpaired) electrons. The summed E-state index contributed by atoms with van der Waals surface area (Å²) in [7, 11) is 0. The molecule has 3 nitrogen and oxygen atoms in total. The smallest absolute Gasteiger partial charge is 0.185 e. The van der Waals surface area contributed by atoms with E-state index in [1.807, 2.05) is 0 Å². The number of thiazole rings is 1. The number of fused-ring (bicyclic) bond motifs is 1. The standard InChI is InChI=1S/C21H29N3S/c1-20(2)8-9-21(3,4)17-11-14(5-6-16(17)20)18-13-25-19(23-18)24-10-7-15(22)12-24/h5-6,11,13,15H,7-10,12,22H2,1-4H3/t15-/m0/s1. The molecule has 0 spiro atoms. The lowest BCUT2D eigenvalue weighted by atomic mass is 9.63. The summed E-state index contributed by atoms with van der Waals surface area (Å²) >= 11 is 1.74. The summed E-state index contributed by atoms with van der Waals surface area (Å²) in [6.45, 7) is 11.5. The molecule has 1 aliphatic heterocycles. The molecule has 2 aromatic rings. The van der Waals surface area contributed by atoms with Gasteiger partial charge >= 0.3 is 0 Å². The third-order valence-corrected chi connectivity index (χ3v) is 7.04. The Kier molecular flexibility index (Phi) is 3.97. The van der Waals surface area contributed by atoms with Crippen molar-refractivity contribution in [3.8, 4) is 11.3 Å². The monoisotopic (exact) mass is 355 g/mol. The van der Waals surface area contributed by atoms with Gasteiger partial charge in [-0.1, -0.05) is 39.8 Å². The van der Waals surface area contributed by atoms with Crippen LogP contribution in [0.5, 0.6) is 0 Å².